The third-order valence-corrected chi connectivity index (χ3v) is 9.06. The molecular weight excluding hydrogens is 690 g/mol. The molecule has 3 aromatic carbocycles. The molecule has 0 bridgehead atoms. The maximum atomic E-state index is 13.8. The molecule has 14 heteroatoms. The lowest BCUT2D eigenvalue weighted by Crippen LogP contribution is -2.59. The molecule has 14 nitrogen and oxygen atoms in total. The van der Waals surface area contributed by atoms with E-state index < -0.39 is 65.6 Å². The van der Waals surface area contributed by atoms with Crippen molar-refractivity contribution in [2.24, 2.45) is 17.6 Å². The third-order valence-electron chi connectivity index (χ3n) is 9.06. The summed E-state index contributed by atoms with van der Waals surface area (Å²) in [5, 5.41) is 12.4. The van der Waals surface area contributed by atoms with Crippen molar-refractivity contribution in [2.45, 2.75) is 84.2 Å². The number of hydrogen-bond donors (Lipinski definition) is 6. The summed E-state index contributed by atoms with van der Waals surface area (Å²) in [7, 11) is 0. The Morgan fingerprint density at radius 2 is 1.44 bits per heavy atom. The number of amides is 5. The van der Waals surface area contributed by atoms with E-state index in [1.54, 1.807) is 26.0 Å². The number of imidazole rings is 1. The molecular formula is C40H49N7O7. The van der Waals surface area contributed by atoms with Crippen LogP contribution in [0.4, 0.5) is 4.79 Å². The number of nitrogens with one attached hydrogen (secondary N) is 5. The number of ketones is 1. The zero-order valence-electron chi connectivity index (χ0n) is 31.0. The van der Waals surface area contributed by atoms with Gasteiger partial charge in [-0.05, 0) is 40.2 Å². The average Bonchev–Trinajstić information content (AvgIpc) is 3.68. The van der Waals surface area contributed by atoms with Crippen LogP contribution in [0.5, 0.6) is 0 Å². The topological polar surface area (TPSA) is 214 Å². The lowest BCUT2D eigenvalue weighted by Gasteiger charge is -2.27. The molecule has 0 aliphatic heterocycles. The number of primary amides is 1. The van der Waals surface area contributed by atoms with Gasteiger partial charge in [0.1, 0.15) is 24.7 Å². The van der Waals surface area contributed by atoms with E-state index in [-0.39, 0.29) is 31.8 Å². The molecule has 54 heavy (non-hydrogen) atoms. The number of rotatable bonds is 19. The van der Waals surface area contributed by atoms with Crippen molar-refractivity contribution < 1.29 is 33.5 Å². The summed E-state index contributed by atoms with van der Waals surface area (Å²) in [6.45, 7) is 7.24. The summed E-state index contributed by atoms with van der Waals surface area (Å²) in [6, 6.07) is 17.6. The molecule has 1 aromatic heterocycles. The van der Waals surface area contributed by atoms with Crippen LogP contribution >= 0.6 is 0 Å². The van der Waals surface area contributed by atoms with Gasteiger partial charge in [-0.3, -0.25) is 24.0 Å². The van der Waals surface area contributed by atoms with Crippen LogP contribution in [0.1, 0.15) is 57.4 Å². The van der Waals surface area contributed by atoms with Gasteiger partial charge in [0.2, 0.25) is 23.5 Å². The van der Waals surface area contributed by atoms with Crippen LogP contribution < -0.4 is 27.0 Å². The van der Waals surface area contributed by atoms with E-state index in [4.69, 9.17) is 10.5 Å². The molecule has 5 amide bonds. The summed E-state index contributed by atoms with van der Waals surface area (Å²) in [5.41, 5.74) is 7.70. The van der Waals surface area contributed by atoms with Crippen LogP contribution in [-0.2, 0) is 48.2 Å². The summed E-state index contributed by atoms with van der Waals surface area (Å²) in [5.74, 6) is -4.85. The quantitative estimate of drug-likeness (QED) is 0.0784. The predicted molar refractivity (Wildman–Crippen MR) is 202 cm³/mol. The Balaban J connectivity index is 1.47. The minimum absolute atomic E-state index is 0.00619. The Hall–Kier alpha value is -6.05. The minimum atomic E-state index is -1.33. The number of benzene rings is 3. The van der Waals surface area contributed by atoms with Gasteiger partial charge in [-0.25, -0.2) is 9.78 Å². The van der Waals surface area contributed by atoms with Crippen LogP contribution in [0.15, 0.2) is 85.3 Å². The number of aromatic nitrogens is 2. The normalized spacial score (nSPS) is 13.9. The zero-order chi connectivity index (χ0) is 39.2. The molecule has 5 atom stereocenters. The molecule has 1 heterocycles. The number of hydrogen-bond acceptors (Lipinski definition) is 8. The van der Waals surface area contributed by atoms with Gasteiger partial charge in [-0.15, -0.1) is 0 Å². The van der Waals surface area contributed by atoms with Crippen LogP contribution in [0, 0.1) is 11.8 Å². The second-order valence-corrected chi connectivity index (χ2v) is 13.8. The third kappa shape index (κ3) is 12.0. The van der Waals surface area contributed by atoms with E-state index in [0.29, 0.717) is 12.1 Å². The highest BCUT2D eigenvalue weighted by Crippen LogP contribution is 2.17. The molecule has 0 aliphatic carbocycles. The first-order valence-corrected chi connectivity index (χ1v) is 18.0. The van der Waals surface area contributed by atoms with Crippen LogP contribution in [0.25, 0.3) is 10.8 Å². The predicted octanol–water partition coefficient (Wildman–Crippen LogP) is 3.24. The second-order valence-electron chi connectivity index (χ2n) is 13.8. The number of nitrogens with zero attached hydrogens (tertiary/aromatic N) is 1. The van der Waals surface area contributed by atoms with Gasteiger partial charge < -0.3 is 36.7 Å². The van der Waals surface area contributed by atoms with E-state index in [1.165, 1.54) is 12.5 Å². The highest BCUT2D eigenvalue weighted by molar-refractivity contribution is 6.39. The van der Waals surface area contributed by atoms with E-state index in [9.17, 15) is 28.8 Å². The highest BCUT2D eigenvalue weighted by atomic mass is 16.5. The number of fused-ring (bicyclic) bond motifs is 1. The number of Topliss-reactive ketones (excluding diaryl/α,β-unsaturated/α-hetero) is 1. The maximum Gasteiger partial charge on any atom is 0.408 e. The summed E-state index contributed by atoms with van der Waals surface area (Å²) in [4.78, 5) is 86.8. The number of ether oxygens (including phenoxy) is 1. The summed E-state index contributed by atoms with van der Waals surface area (Å²) < 4.78 is 5.32. The van der Waals surface area contributed by atoms with Crippen LogP contribution in [0.2, 0.25) is 0 Å². The first kappa shape index (κ1) is 40.7. The van der Waals surface area contributed by atoms with Crippen LogP contribution in [0.3, 0.4) is 0 Å². The molecule has 4 rings (SSSR count). The number of H-pyrrole nitrogens is 1. The molecule has 0 saturated heterocycles. The summed E-state index contributed by atoms with van der Waals surface area (Å²) in [6.07, 6.45) is 2.68. The van der Waals surface area contributed by atoms with E-state index in [1.807, 2.05) is 74.5 Å². The molecule has 0 spiro atoms. The van der Waals surface area contributed by atoms with E-state index >= 15 is 0 Å². The standard InChI is InChI=1S/C40H49N7O7/c1-5-25(4)34(47-38(51)32(17-24(2)3)46-40(53)54-22-26-11-7-6-8-12-26)35(48)39(52)45-33(20-30-21-42-23-43-30)37(50)44-31(36(41)49)19-27-15-16-28-13-9-10-14-29(28)18-27/h6-16,18,21,23-25,31-34H,5,17,19-20,22H2,1-4H3,(H2,41,49)(H,42,43)(H,44,50)(H,45,52)(H,46,53)(H,47,51)/t25-,31-,32-,33-,34?/m0/s1. The van der Waals surface area contributed by atoms with Gasteiger partial charge in [0, 0.05) is 24.7 Å². The van der Waals surface area contributed by atoms with Crippen LogP contribution in [-0.4, -0.2) is 69.6 Å². The highest BCUT2D eigenvalue weighted by Gasteiger charge is 2.36. The van der Waals surface area contributed by atoms with Crippen molar-refractivity contribution in [1.29, 1.82) is 0 Å². The first-order valence-electron chi connectivity index (χ1n) is 18.0. The molecule has 0 fully saturated rings. The van der Waals surface area contributed by atoms with Crippen molar-refractivity contribution in [3.05, 3.63) is 102 Å². The molecule has 0 radical (unpaired) electrons. The zero-order valence-corrected chi connectivity index (χ0v) is 31.0. The van der Waals surface area contributed by atoms with Gasteiger partial charge in [-0.2, -0.15) is 0 Å². The Kier molecular flexibility index (Phi) is 14.8. The van der Waals surface area contributed by atoms with Gasteiger partial charge in [-0.1, -0.05) is 107 Å². The molecule has 0 aliphatic rings. The largest absolute Gasteiger partial charge is 0.445 e. The molecule has 1 unspecified atom stereocenters. The Morgan fingerprint density at radius 3 is 2.09 bits per heavy atom. The summed E-state index contributed by atoms with van der Waals surface area (Å²) >= 11 is 0. The fourth-order valence-corrected chi connectivity index (χ4v) is 5.86. The lowest BCUT2D eigenvalue weighted by molar-refractivity contribution is -0.142. The van der Waals surface area contributed by atoms with Crippen molar-refractivity contribution in [3.63, 3.8) is 0 Å². The van der Waals surface area contributed by atoms with E-state index in [0.717, 1.165) is 21.9 Å². The van der Waals surface area contributed by atoms with Gasteiger partial charge in [0.25, 0.3) is 5.91 Å². The molecule has 4 aromatic rings. The monoisotopic (exact) mass is 739 g/mol. The van der Waals surface area contributed by atoms with Gasteiger partial charge in [0.15, 0.2) is 0 Å². The smallest absolute Gasteiger partial charge is 0.408 e. The average molecular weight is 740 g/mol. The first-order chi connectivity index (χ1) is 25.8. The van der Waals surface area contributed by atoms with E-state index in [2.05, 4.69) is 31.2 Å². The molecule has 0 saturated carbocycles. The van der Waals surface area contributed by atoms with Crippen molar-refractivity contribution in [3.8, 4) is 0 Å². The van der Waals surface area contributed by atoms with Crippen molar-refractivity contribution >= 4 is 46.3 Å². The lowest BCUT2D eigenvalue weighted by atomic mass is 9.93. The Morgan fingerprint density at radius 1 is 0.759 bits per heavy atom. The second kappa shape index (κ2) is 19.7. The fourth-order valence-electron chi connectivity index (χ4n) is 5.86. The molecule has 7 N–H and O–H groups in total. The Bertz CT molecular complexity index is 1900. The van der Waals surface area contributed by atoms with Crippen molar-refractivity contribution in [2.75, 3.05) is 0 Å². The Labute approximate surface area is 314 Å². The number of alkyl carbamates (subject to hydrolysis) is 1. The SMILES string of the molecule is CC[C@H](C)C(NC(=O)[C@H](CC(C)C)NC(=O)OCc1ccccc1)C(=O)C(=O)N[C@@H](Cc1cnc[nH]1)C(=O)N[C@@H](Cc1ccc2ccccc2c1)C(N)=O. The minimum Gasteiger partial charge on any atom is -0.445 e. The number of aromatic amines is 1. The maximum absolute atomic E-state index is 13.8. The fraction of sp³-hybridized carbons (Fsp3) is 0.375. The van der Waals surface area contributed by atoms with Gasteiger partial charge >= 0.3 is 6.09 Å². The number of carbonyl (C=O) groups excluding carboxylic acids is 6. The number of carbonyl (C=O) groups is 6. The molecule has 286 valence electrons. The van der Waals surface area contributed by atoms with Crippen molar-refractivity contribution in [1.82, 2.24) is 31.2 Å². The number of nitrogens with two attached hydrogens (primary N) is 1. The van der Waals surface area contributed by atoms with Gasteiger partial charge in [0.05, 0.1) is 12.4 Å².